The van der Waals surface area contributed by atoms with Crippen molar-refractivity contribution in [3.63, 3.8) is 0 Å². The van der Waals surface area contributed by atoms with Gasteiger partial charge in [0, 0.05) is 19.0 Å². The van der Waals surface area contributed by atoms with Crippen LogP contribution in [-0.2, 0) is 10.0 Å². The highest BCUT2D eigenvalue weighted by Gasteiger charge is 2.36. The summed E-state index contributed by atoms with van der Waals surface area (Å²) in [6.45, 7) is -0.0441. The topological polar surface area (TPSA) is 77.8 Å². The summed E-state index contributed by atoms with van der Waals surface area (Å²) in [6.07, 6.45) is -1.56. The minimum Gasteiger partial charge on any atom is -0.389 e. The van der Waals surface area contributed by atoms with Crippen LogP contribution in [0.3, 0.4) is 0 Å². The summed E-state index contributed by atoms with van der Waals surface area (Å²) in [6, 6.07) is 0. The van der Waals surface area contributed by atoms with E-state index in [4.69, 9.17) is 11.6 Å². The summed E-state index contributed by atoms with van der Waals surface area (Å²) in [5, 5.41) is 18.3. The maximum absolute atomic E-state index is 11.5. The Morgan fingerprint density at radius 2 is 1.79 bits per heavy atom. The van der Waals surface area contributed by atoms with Crippen LogP contribution in [0.1, 0.15) is 6.42 Å². The number of sulfonamides is 1. The van der Waals surface area contributed by atoms with Crippen molar-refractivity contribution in [2.24, 2.45) is 0 Å². The molecule has 0 radical (unpaired) electrons. The molecule has 0 aromatic heterocycles. The van der Waals surface area contributed by atoms with Gasteiger partial charge in [0.05, 0.1) is 18.0 Å². The Hall–Kier alpha value is 0.120. The van der Waals surface area contributed by atoms with Crippen LogP contribution in [-0.4, -0.2) is 59.9 Å². The van der Waals surface area contributed by atoms with Crippen molar-refractivity contribution in [3.8, 4) is 0 Å². The fraction of sp³-hybridized carbons (Fsp3) is 1.00. The molecule has 7 heteroatoms. The number of hydrogen-bond donors (Lipinski definition) is 2. The van der Waals surface area contributed by atoms with E-state index in [0.29, 0.717) is 6.42 Å². The van der Waals surface area contributed by atoms with Crippen molar-refractivity contribution >= 4 is 21.6 Å². The minimum atomic E-state index is -3.36. The third-order valence-electron chi connectivity index (χ3n) is 2.15. The van der Waals surface area contributed by atoms with Crippen LogP contribution in [0.25, 0.3) is 0 Å². The Kier molecular flexibility index (Phi) is 4.15. The molecule has 1 saturated heterocycles. The summed E-state index contributed by atoms with van der Waals surface area (Å²) < 4.78 is 24.2. The smallest absolute Gasteiger partial charge is 0.214 e. The summed E-state index contributed by atoms with van der Waals surface area (Å²) in [5.41, 5.74) is 0. The Balaban J connectivity index is 2.57. The van der Waals surface area contributed by atoms with E-state index in [9.17, 15) is 18.6 Å². The van der Waals surface area contributed by atoms with Crippen molar-refractivity contribution in [1.82, 2.24) is 4.31 Å². The van der Waals surface area contributed by atoms with Crippen molar-refractivity contribution in [2.75, 3.05) is 24.7 Å². The molecule has 0 amide bonds. The first kappa shape index (κ1) is 12.2. The zero-order valence-corrected chi connectivity index (χ0v) is 9.21. The molecule has 0 aromatic carbocycles. The number of aliphatic hydroxyl groups is 2. The van der Waals surface area contributed by atoms with E-state index in [0.717, 1.165) is 4.31 Å². The first-order valence-electron chi connectivity index (χ1n) is 4.37. The van der Waals surface area contributed by atoms with E-state index < -0.39 is 22.2 Å². The standard InChI is InChI=1S/C7H14ClNO4S/c8-2-1-3-14(12,13)9-4-6(10)7(11)5-9/h6-7,10-11H,1-5H2/t6-,7+. The lowest BCUT2D eigenvalue weighted by Crippen LogP contribution is -2.32. The number of rotatable bonds is 4. The highest BCUT2D eigenvalue weighted by Crippen LogP contribution is 2.15. The number of hydrogen-bond acceptors (Lipinski definition) is 4. The Morgan fingerprint density at radius 1 is 1.29 bits per heavy atom. The van der Waals surface area contributed by atoms with E-state index in [-0.39, 0.29) is 24.7 Å². The van der Waals surface area contributed by atoms with Crippen LogP contribution >= 0.6 is 11.6 Å². The molecule has 2 atom stereocenters. The number of alkyl halides is 1. The fourth-order valence-corrected chi connectivity index (χ4v) is 3.15. The normalized spacial score (nSPS) is 29.6. The Labute approximate surface area is 88.3 Å². The molecule has 0 spiro atoms. The fourth-order valence-electron chi connectivity index (χ4n) is 1.33. The van der Waals surface area contributed by atoms with E-state index in [1.165, 1.54) is 0 Å². The van der Waals surface area contributed by atoms with Crippen LogP contribution < -0.4 is 0 Å². The summed E-state index contributed by atoms with van der Waals surface area (Å²) >= 11 is 5.39. The van der Waals surface area contributed by atoms with Crippen LogP contribution in [0.5, 0.6) is 0 Å². The van der Waals surface area contributed by atoms with Crippen molar-refractivity contribution in [2.45, 2.75) is 18.6 Å². The summed E-state index contributed by atoms with van der Waals surface area (Å²) in [7, 11) is -3.36. The molecule has 2 N–H and O–H groups in total. The second kappa shape index (κ2) is 4.76. The van der Waals surface area contributed by atoms with Gasteiger partial charge in [0.15, 0.2) is 0 Å². The van der Waals surface area contributed by atoms with E-state index in [2.05, 4.69) is 0 Å². The van der Waals surface area contributed by atoms with Crippen molar-refractivity contribution < 1.29 is 18.6 Å². The van der Waals surface area contributed by atoms with Gasteiger partial charge in [-0.15, -0.1) is 11.6 Å². The lowest BCUT2D eigenvalue weighted by atomic mass is 10.3. The molecule has 14 heavy (non-hydrogen) atoms. The molecule has 1 rings (SSSR count). The van der Waals surface area contributed by atoms with Gasteiger partial charge in [0.1, 0.15) is 0 Å². The van der Waals surface area contributed by atoms with Gasteiger partial charge in [-0.25, -0.2) is 8.42 Å². The largest absolute Gasteiger partial charge is 0.389 e. The lowest BCUT2D eigenvalue weighted by molar-refractivity contribution is 0.0572. The SMILES string of the molecule is O=S(=O)(CCCCl)N1C[C@@H](O)[C@@H](O)C1. The Morgan fingerprint density at radius 3 is 2.21 bits per heavy atom. The molecule has 1 fully saturated rings. The first-order chi connectivity index (χ1) is 6.47. The van der Waals surface area contributed by atoms with Crippen LogP contribution in [0.4, 0.5) is 0 Å². The molecule has 0 bridgehead atoms. The number of β-amino-alcohol motifs (C(OH)–C–C–N with tert-alkyl or cyclic N) is 2. The highest BCUT2D eigenvalue weighted by atomic mass is 35.5. The second-order valence-corrected chi connectivity index (χ2v) is 5.78. The molecule has 5 nitrogen and oxygen atoms in total. The molecule has 84 valence electrons. The average Bonchev–Trinajstić information content (AvgIpc) is 2.45. The molecule has 1 heterocycles. The van der Waals surface area contributed by atoms with Crippen LogP contribution in [0, 0.1) is 0 Å². The third kappa shape index (κ3) is 2.80. The summed E-state index contributed by atoms with van der Waals surface area (Å²) in [4.78, 5) is 0. The average molecular weight is 244 g/mol. The molecular formula is C7H14ClNO4S. The minimum absolute atomic E-state index is 0.0220. The second-order valence-electron chi connectivity index (χ2n) is 3.31. The highest BCUT2D eigenvalue weighted by molar-refractivity contribution is 7.89. The van der Waals surface area contributed by atoms with Crippen molar-refractivity contribution in [3.05, 3.63) is 0 Å². The molecule has 1 aliphatic rings. The summed E-state index contributed by atoms with van der Waals surface area (Å²) in [5.74, 6) is 0.258. The van der Waals surface area contributed by atoms with Gasteiger partial charge >= 0.3 is 0 Å². The maximum atomic E-state index is 11.5. The first-order valence-corrected chi connectivity index (χ1v) is 6.51. The number of halogens is 1. The molecule has 0 aromatic rings. The van der Waals surface area contributed by atoms with Gasteiger partial charge in [-0.05, 0) is 6.42 Å². The predicted octanol–water partition coefficient (Wildman–Crippen LogP) is -1.02. The van der Waals surface area contributed by atoms with Gasteiger partial charge in [-0.2, -0.15) is 4.31 Å². The van der Waals surface area contributed by atoms with Crippen LogP contribution in [0.15, 0.2) is 0 Å². The Bertz CT molecular complexity index is 271. The van der Waals surface area contributed by atoms with E-state index >= 15 is 0 Å². The van der Waals surface area contributed by atoms with Crippen molar-refractivity contribution in [1.29, 1.82) is 0 Å². The molecular weight excluding hydrogens is 230 g/mol. The zero-order chi connectivity index (χ0) is 10.8. The molecule has 0 saturated carbocycles. The molecule has 1 aliphatic heterocycles. The monoisotopic (exact) mass is 243 g/mol. The molecule has 0 unspecified atom stereocenters. The third-order valence-corrected chi connectivity index (χ3v) is 4.31. The van der Waals surface area contributed by atoms with E-state index in [1.807, 2.05) is 0 Å². The van der Waals surface area contributed by atoms with Gasteiger partial charge in [0.2, 0.25) is 10.0 Å². The quantitative estimate of drug-likeness (QED) is 0.620. The molecule has 0 aliphatic carbocycles. The lowest BCUT2D eigenvalue weighted by Gasteiger charge is -2.14. The van der Waals surface area contributed by atoms with Gasteiger partial charge in [-0.3, -0.25) is 0 Å². The van der Waals surface area contributed by atoms with Crippen LogP contribution in [0.2, 0.25) is 0 Å². The number of nitrogens with zero attached hydrogens (tertiary/aromatic N) is 1. The predicted molar refractivity (Wildman–Crippen MR) is 52.7 cm³/mol. The van der Waals surface area contributed by atoms with Gasteiger partial charge in [-0.1, -0.05) is 0 Å². The van der Waals surface area contributed by atoms with Gasteiger partial charge < -0.3 is 10.2 Å². The van der Waals surface area contributed by atoms with Gasteiger partial charge in [0.25, 0.3) is 0 Å². The number of aliphatic hydroxyl groups excluding tert-OH is 2. The zero-order valence-electron chi connectivity index (χ0n) is 7.63. The maximum Gasteiger partial charge on any atom is 0.214 e. The van der Waals surface area contributed by atoms with E-state index in [1.54, 1.807) is 0 Å².